The monoisotopic (exact) mass is 441 g/mol. The number of nitrogens with zero attached hydrogens (tertiary/aromatic N) is 3. The first-order chi connectivity index (χ1) is 15.0. The van der Waals surface area contributed by atoms with Crippen molar-refractivity contribution in [3.05, 3.63) is 53.7 Å². The van der Waals surface area contributed by atoms with E-state index in [0.29, 0.717) is 18.1 Å². The highest BCUT2D eigenvalue weighted by atomic mass is 32.1. The van der Waals surface area contributed by atoms with E-state index in [2.05, 4.69) is 20.6 Å². The number of urea groups is 1. The van der Waals surface area contributed by atoms with Gasteiger partial charge in [0.25, 0.3) is 0 Å². The first-order valence-electron chi connectivity index (χ1n) is 10.3. The van der Waals surface area contributed by atoms with Crippen LogP contribution in [0.1, 0.15) is 34.6 Å². The summed E-state index contributed by atoms with van der Waals surface area (Å²) in [6, 6.07) is 7.24. The Morgan fingerprint density at radius 2 is 2.03 bits per heavy atom. The predicted molar refractivity (Wildman–Crippen MR) is 118 cm³/mol. The molecule has 1 aliphatic rings. The van der Waals surface area contributed by atoms with Crippen LogP contribution >= 0.6 is 11.3 Å². The highest BCUT2D eigenvalue weighted by Crippen LogP contribution is 2.35. The smallest absolute Gasteiger partial charge is 0.321 e. The number of thiazole rings is 1. The van der Waals surface area contributed by atoms with Crippen LogP contribution in [0.5, 0.6) is 0 Å². The molecule has 1 saturated carbocycles. The molecule has 162 valence electrons. The number of aryl methyl sites for hydroxylation is 2. The molecular formula is C22H24FN5O2S. The Bertz CT molecular complexity index is 1070. The van der Waals surface area contributed by atoms with Crippen molar-refractivity contribution in [1.29, 1.82) is 0 Å². The van der Waals surface area contributed by atoms with E-state index in [0.717, 1.165) is 40.2 Å². The summed E-state index contributed by atoms with van der Waals surface area (Å²) in [7, 11) is 0. The van der Waals surface area contributed by atoms with Crippen LogP contribution in [0.15, 0.2) is 36.8 Å². The number of carbonyl (C=O) groups is 2. The first-order valence-corrected chi connectivity index (χ1v) is 11.1. The SMILES string of the molecule is Cc1nc(NC(=O)NCCc2cncn2CCF)sc1-c1ccc(C(=O)C2CC2)cc1. The maximum Gasteiger partial charge on any atom is 0.321 e. The average Bonchev–Trinajstić information content (AvgIpc) is 3.42. The zero-order valence-electron chi connectivity index (χ0n) is 17.2. The maximum atomic E-state index is 12.5. The van der Waals surface area contributed by atoms with Gasteiger partial charge >= 0.3 is 6.03 Å². The van der Waals surface area contributed by atoms with Crippen molar-refractivity contribution >= 4 is 28.3 Å². The highest BCUT2D eigenvalue weighted by Gasteiger charge is 2.30. The molecule has 2 heterocycles. The summed E-state index contributed by atoms with van der Waals surface area (Å²) in [5.74, 6) is 0.425. The number of aromatic nitrogens is 3. The summed E-state index contributed by atoms with van der Waals surface area (Å²) in [6.45, 7) is 2.10. The third-order valence-electron chi connectivity index (χ3n) is 5.19. The van der Waals surface area contributed by atoms with Crippen molar-refractivity contribution in [3.8, 4) is 10.4 Å². The summed E-state index contributed by atoms with van der Waals surface area (Å²) in [6.07, 6.45) is 5.81. The molecule has 0 saturated heterocycles. The van der Waals surface area contributed by atoms with Crippen LogP contribution in [0.25, 0.3) is 10.4 Å². The lowest BCUT2D eigenvalue weighted by atomic mass is 10.0. The minimum atomic E-state index is -0.456. The fourth-order valence-corrected chi connectivity index (χ4v) is 4.35. The van der Waals surface area contributed by atoms with Gasteiger partial charge in [0.1, 0.15) is 6.67 Å². The first kappa shape index (κ1) is 21.2. The van der Waals surface area contributed by atoms with Crippen molar-refractivity contribution in [2.24, 2.45) is 5.92 Å². The number of anilines is 1. The number of hydrogen-bond donors (Lipinski definition) is 2. The third-order valence-corrected chi connectivity index (χ3v) is 6.31. The van der Waals surface area contributed by atoms with Crippen LogP contribution in [-0.4, -0.2) is 39.6 Å². The molecule has 0 unspecified atom stereocenters. The number of Topliss-reactive ketones (excluding diaryl/α,β-unsaturated/α-hetero) is 1. The quantitative estimate of drug-likeness (QED) is 0.486. The summed E-state index contributed by atoms with van der Waals surface area (Å²) in [5.41, 5.74) is 3.40. The number of ketones is 1. The van der Waals surface area contributed by atoms with Crippen molar-refractivity contribution in [3.63, 3.8) is 0 Å². The fraction of sp³-hybridized carbons (Fsp3) is 0.364. The molecule has 1 aromatic carbocycles. The molecule has 0 bridgehead atoms. The molecule has 0 atom stereocenters. The molecule has 0 spiro atoms. The van der Waals surface area contributed by atoms with Crippen molar-refractivity contribution in [2.45, 2.75) is 32.7 Å². The standard InChI is InChI=1S/C22H24FN5O2S/c1-14-20(17-6-4-16(5-7-17)19(29)15-2-3-15)31-22(26-14)27-21(30)25-10-8-18-12-24-13-28(18)11-9-23/h4-7,12-13,15H,2-3,8-11H2,1H3,(H2,25,26,27,30). The predicted octanol–water partition coefficient (Wildman–Crippen LogP) is 4.24. The summed E-state index contributed by atoms with van der Waals surface area (Å²) >= 11 is 1.39. The Morgan fingerprint density at radius 3 is 2.74 bits per heavy atom. The Labute approximate surface area is 183 Å². The molecule has 2 amide bonds. The van der Waals surface area contributed by atoms with Gasteiger partial charge < -0.3 is 9.88 Å². The van der Waals surface area contributed by atoms with E-state index in [1.54, 1.807) is 17.1 Å². The highest BCUT2D eigenvalue weighted by molar-refractivity contribution is 7.19. The van der Waals surface area contributed by atoms with E-state index in [-0.39, 0.29) is 24.3 Å². The van der Waals surface area contributed by atoms with Gasteiger partial charge in [-0.1, -0.05) is 35.6 Å². The number of alkyl halides is 1. The van der Waals surface area contributed by atoms with Crippen LogP contribution < -0.4 is 10.6 Å². The van der Waals surface area contributed by atoms with Crippen molar-refractivity contribution in [1.82, 2.24) is 19.9 Å². The van der Waals surface area contributed by atoms with Crippen LogP contribution in [0, 0.1) is 12.8 Å². The summed E-state index contributed by atoms with van der Waals surface area (Å²) in [5, 5.41) is 6.06. The van der Waals surface area contributed by atoms with E-state index < -0.39 is 6.67 Å². The molecule has 1 fully saturated rings. The molecule has 0 aliphatic heterocycles. The maximum absolute atomic E-state index is 12.5. The van der Waals surface area contributed by atoms with Crippen molar-refractivity contribution < 1.29 is 14.0 Å². The van der Waals surface area contributed by atoms with Gasteiger partial charge in [0.2, 0.25) is 0 Å². The van der Waals surface area contributed by atoms with Crippen LogP contribution in [0.3, 0.4) is 0 Å². The normalized spacial score (nSPS) is 13.2. The van der Waals surface area contributed by atoms with Crippen LogP contribution in [-0.2, 0) is 13.0 Å². The number of nitrogens with one attached hydrogen (secondary N) is 2. The number of imidazole rings is 1. The number of halogens is 1. The van der Waals surface area contributed by atoms with E-state index in [9.17, 15) is 14.0 Å². The van der Waals surface area contributed by atoms with Gasteiger partial charge in [-0.3, -0.25) is 10.1 Å². The number of carbonyl (C=O) groups excluding carboxylic acids is 2. The largest absolute Gasteiger partial charge is 0.337 e. The number of rotatable bonds is 9. The van der Waals surface area contributed by atoms with Gasteiger partial charge in [-0.2, -0.15) is 0 Å². The molecule has 2 aromatic heterocycles. The van der Waals surface area contributed by atoms with Crippen LogP contribution in [0.4, 0.5) is 14.3 Å². The van der Waals surface area contributed by atoms with Gasteiger partial charge in [0.15, 0.2) is 10.9 Å². The van der Waals surface area contributed by atoms with Crippen LogP contribution in [0.2, 0.25) is 0 Å². The summed E-state index contributed by atoms with van der Waals surface area (Å²) in [4.78, 5) is 33.8. The number of hydrogen-bond acceptors (Lipinski definition) is 5. The van der Waals surface area contributed by atoms with E-state index >= 15 is 0 Å². The minimum Gasteiger partial charge on any atom is -0.337 e. The molecule has 1 aliphatic carbocycles. The molecule has 7 nitrogen and oxygen atoms in total. The molecule has 4 rings (SSSR count). The van der Waals surface area contributed by atoms with Gasteiger partial charge in [-0.15, -0.1) is 0 Å². The molecule has 31 heavy (non-hydrogen) atoms. The van der Waals surface area contributed by atoms with Gasteiger partial charge in [-0.05, 0) is 25.3 Å². The Balaban J connectivity index is 1.32. The Morgan fingerprint density at radius 1 is 1.26 bits per heavy atom. The molecule has 9 heteroatoms. The second-order valence-corrected chi connectivity index (χ2v) is 8.55. The molecule has 3 aromatic rings. The molecule has 0 radical (unpaired) electrons. The lowest BCUT2D eigenvalue weighted by Crippen LogP contribution is -2.30. The lowest BCUT2D eigenvalue weighted by Gasteiger charge is -2.07. The fourth-order valence-electron chi connectivity index (χ4n) is 3.38. The third kappa shape index (κ3) is 5.16. The zero-order valence-corrected chi connectivity index (χ0v) is 18.0. The Hall–Kier alpha value is -3.07. The Kier molecular flexibility index (Phi) is 6.41. The van der Waals surface area contributed by atoms with Gasteiger partial charge in [0, 0.05) is 36.3 Å². The molecular weight excluding hydrogens is 417 g/mol. The summed E-state index contributed by atoms with van der Waals surface area (Å²) < 4.78 is 14.3. The van der Waals surface area contributed by atoms with Crippen molar-refractivity contribution in [2.75, 3.05) is 18.5 Å². The zero-order chi connectivity index (χ0) is 21.8. The van der Waals surface area contributed by atoms with E-state index in [1.807, 2.05) is 31.2 Å². The van der Waals surface area contributed by atoms with Gasteiger partial charge in [-0.25, -0.2) is 19.2 Å². The minimum absolute atomic E-state index is 0.203. The van der Waals surface area contributed by atoms with E-state index in [1.165, 1.54) is 11.3 Å². The average molecular weight is 442 g/mol. The lowest BCUT2D eigenvalue weighted by molar-refractivity contribution is 0.0967. The number of benzene rings is 1. The number of amides is 2. The van der Waals surface area contributed by atoms with Gasteiger partial charge in [0.05, 0.1) is 23.4 Å². The second-order valence-electron chi connectivity index (χ2n) is 7.55. The topological polar surface area (TPSA) is 88.9 Å². The second kappa shape index (κ2) is 9.38. The molecule has 2 N–H and O–H groups in total. The van der Waals surface area contributed by atoms with E-state index in [4.69, 9.17) is 0 Å².